The van der Waals surface area contributed by atoms with E-state index in [9.17, 15) is 0 Å². The van der Waals surface area contributed by atoms with Gasteiger partial charge in [0.1, 0.15) is 5.65 Å². The minimum Gasteiger partial charge on any atom is -0.369 e. The highest BCUT2D eigenvalue weighted by Crippen LogP contribution is 2.12. The first-order valence-corrected chi connectivity index (χ1v) is 4.30. The van der Waals surface area contributed by atoms with Gasteiger partial charge < -0.3 is 10.7 Å². The predicted molar refractivity (Wildman–Crippen MR) is 58.7 cm³/mol. The Kier molecular flexibility index (Phi) is 2.01. The van der Waals surface area contributed by atoms with Crippen LogP contribution >= 0.6 is 0 Å². The number of hydrogen-bond donors (Lipinski definition) is 4. The average Bonchev–Trinajstić information content (AvgIpc) is 2.77. The van der Waals surface area contributed by atoms with E-state index < -0.39 is 0 Å². The molecule has 0 aliphatic heterocycles. The fourth-order valence-corrected chi connectivity index (χ4v) is 1.26. The van der Waals surface area contributed by atoms with Crippen LogP contribution in [0.25, 0.3) is 11.0 Å². The van der Waals surface area contributed by atoms with Crippen LogP contribution in [0.3, 0.4) is 0 Å². The van der Waals surface area contributed by atoms with Crippen molar-refractivity contribution >= 4 is 23.2 Å². The Hall–Kier alpha value is -2.37. The summed E-state index contributed by atoms with van der Waals surface area (Å²) in [4.78, 5) is 7.14. The largest absolute Gasteiger partial charge is 0.369 e. The van der Waals surface area contributed by atoms with Crippen molar-refractivity contribution in [2.45, 2.75) is 0 Å². The molecule has 76 valence electrons. The highest BCUT2D eigenvalue weighted by Gasteiger charge is 1.99. The molecule has 2 heterocycles. The van der Waals surface area contributed by atoms with Crippen LogP contribution in [0.4, 0.5) is 0 Å². The SMILES string of the molecule is [H]/N=C(\N)NN=Cc1ccnc2[nH]ccc12. The van der Waals surface area contributed by atoms with E-state index in [1.807, 2.05) is 18.3 Å². The van der Waals surface area contributed by atoms with Gasteiger partial charge in [-0.25, -0.2) is 10.4 Å². The molecule has 0 saturated heterocycles. The first kappa shape index (κ1) is 7.98. The van der Waals surface area contributed by atoms with Crippen molar-refractivity contribution in [1.82, 2.24) is 15.4 Å². The summed E-state index contributed by atoms with van der Waals surface area (Å²) in [5.74, 6) is -0.0596. The molecule has 15 heavy (non-hydrogen) atoms. The second-order valence-corrected chi connectivity index (χ2v) is 2.90. The molecule has 0 fully saturated rings. The lowest BCUT2D eigenvalue weighted by atomic mass is 10.2. The number of fused-ring (bicyclic) bond motifs is 1. The van der Waals surface area contributed by atoms with Crippen LogP contribution < -0.4 is 11.2 Å². The molecule has 2 aromatic rings. The molecule has 2 rings (SSSR count). The van der Waals surface area contributed by atoms with Crippen molar-refractivity contribution < 1.29 is 1.41 Å². The molecule has 0 spiro atoms. The number of aromatic amines is 1. The fourth-order valence-electron chi connectivity index (χ4n) is 1.26. The van der Waals surface area contributed by atoms with Crippen LogP contribution in [-0.2, 0) is 0 Å². The molecule has 6 heteroatoms. The molecule has 0 amide bonds. The summed E-state index contributed by atoms with van der Waals surface area (Å²) in [5, 5.41) is 7.79. The monoisotopic (exact) mass is 202 g/mol. The van der Waals surface area contributed by atoms with E-state index in [1.54, 1.807) is 12.4 Å². The maximum absolute atomic E-state index is 6.61. The molecule has 0 atom stereocenters. The van der Waals surface area contributed by atoms with Crippen molar-refractivity contribution in [3.8, 4) is 0 Å². The van der Waals surface area contributed by atoms with E-state index in [2.05, 4.69) is 25.9 Å². The fraction of sp³-hybridized carbons (Fsp3) is 0. The van der Waals surface area contributed by atoms with Crippen LogP contribution in [0, 0.1) is 5.40 Å². The van der Waals surface area contributed by atoms with Crippen molar-refractivity contribution in [2.75, 3.05) is 0 Å². The van der Waals surface area contributed by atoms with Gasteiger partial charge in [-0.05, 0) is 12.1 Å². The quantitative estimate of drug-likeness (QED) is 0.321. The van der Waals surface area contributed by atoms with Gasteiger partial charge in [0.25, 0.3) is 0 Å². The number of aromatic nitrogens is 2. The third kappa shape index (κ3) is 1.93. The maximum atomic E-state index is 6.61. The van der Waals surface area contributed by atoms with Crippen LogP contribution in [-0.4, -0.2) is 22.1 Å². The maximum Gasteiger partial charge on any atom is 0.206 e. The third-order valence-corrected chi connectivity index (χ3v) is 1.88. The average molecular weight is 202 g/mol. The van der Waals surface area contributed by atoms with Crippen LogP contribution in [0.5, 0.6) is 0 Å². The van der Waals surface area contributed by atoms with Gasteiger partial charge in [-0.2, -0.15) is 5.10 Å². The third-order valence-electron chi connectivity index (χ3n) is 1.88. The number of pyridine rings is 1. The molecule has 0 saturated carbocycles. The first-order chi connectivity index (χ1) is 7.81. The van der Waals surface area contributed by atoms with Gasteiger partial charge in [0, 0.05) is 23.3 Å². The molecule has 0 aliphatic rings. The number of guanidine groups is 1. The number of nitrogens with zero attached hydrogens (tertiary/aromatic N) is 2. The number of hydrazone groups is 1. The van der Waals surface area contributed by atoms with Crippen molar-refractivity contribution in [1.29, 1.82) is 5.40 Å². The zero-order chi connectivity index (χ0) is 11.4. The Morgan fingerprint density at radius 1 is 1.73 bits per heavy atom. The smallest absolute Gasteiger partial charge is 0.206 e. The van der Waals surface area contributed by atoms with Crippen LogP contribution in [0.1, 0.15) is 5.56 Å². The van der Waals surface area contributed by atoms with Gasteiger partial charge in [0.15, 0.2) is 1.41 Å². The second kappa shape index (κ2) is 3.79. The Morgan fingerprint density at radius 2 is 2.67 bits per heavy atom. The van der Waals surface area contributed by atoms with Crippen molar-refractivity contribution in [3.05, 3.63) is 30.1 Å². The molecule has 6 nitrogen and oxygen atoms in total. The first-order valence-electron chi connectivity index (χ1n) is 4.74. The van der Waals surface area contributed by atoms with Gasteiger partial charge in [-0.15, -0.1) is 0 Å². The lowest BCUT2D eigenvalue weighted by Gasteiger charge is -1.96. The van der Waals surface area contributed by atoms with Gasteiger partial charge in [-0.1, -0.05) is 0 Å². The summed E-state index contributed by atoms with van der Waals surface area (Å²) in [7, 11) is 0. The standard InChI is InChI=1S/C9H10N6/c10-9(11)15-14-5-6-1-3-12-8-7(6)2-4-13-8/h1-5H,(H,12,13)(H4,10,11,15). The Morgan fingerprint density at radius 3 is 3.53 bits per heavy atom. The second-order valence-electron chi connectivity index (χ2n) is 2.90. The van der Waals surface area contributed by atoms with E-state index in [0.29, 0.717) is 0 Å². The topological polar surface area (TPSA) is 103 Å². The highest BCUT2D eigenvalue weighted by molar-refractivity contribution is 5.97. The summed E-state index contributed by atoms with van der Waals surface area (Å²) >= 11 is 0. The van der Waals surface area contributed by atoms with Crippen molar-refractivity contribution in [2.24, 2.45) is 10.8 Å². The van der Waals surface area contributed by atoms with Crippen LogP contribution in [0.15, 0.2) is 29.6 Å². The summed E-state index contributed by atoms with van der Waals surface area (Å²) < 4.78 is 6.61. The Bertz CT molecular complexity index is 544. The van der Waals surface area contributed by atoms with Gasteiger partial charge in [0.05, 0.1) is 6.21 Å². The van der Waals surface area contributed by atoms with E-state index in [4.69, 9.17) is 7.15 Å². The number of hydrogen-bond acceptors (Lipinski definition) is 3. The summed E-state index contributed by atoms with van der Waals surface area (Å²) in [6, 6.07) is 3.74. The molecular formula is C9H10N6. The molecule has 0 aromatic carbocycles. The normalized spacial score (nSPS) is 13.3. The zero-order valence-corrected chi connectivity index (χ0v) is 7.81. The Labute approximate surface area is 87.2 Å². The number of rotatable bonds is 2. The number of nitrogens with one attached hydrogen (secondary N) is 3. The van der Waals surface area contributed by atoms with E-state index >= 15 is 0 Å². The lowest BCUT2D eigenvalue weighted by molar-refractivity contribution is 1.00. The number of H-pyrrole nitrogens is 1. The number of nitrogens with two attached hydrogens (primary N) is 1. The van der Waals surface area contributed by atoms with E-state index in [1.165, 1.54) is 0 Å². The summed E-state index contributed by atoms with van der Waals surface area (Å²) in [5.41, 5.74) is 9.36. The predicted octanol–water partition coefficient (Wildman–Crippen LogP) is 0.380. The highest BCUT2D eigenvalue weighted by atomic mass is 15.3. The van der Waals surface area contributed by atoms with E-state index in [-0.39, 0.29) is 5.96 Å². The Balaban J connectivity index is 2.24. The minimum atomic E-state index is -0.0596. The molecule has 0 unspecified atom stereocenters. The van der Waals surface area contributed by atoms with E-state index in [0.717, 1.165) is 16.6 Å². The van der Waals surface area contributed by atoms with Crippen LogP contribution in [0.2, 0.25) is 1.41 Å². The molecule has 0 radical (unpaired) electrons. The molecule has 2 aromatic heterocycles. The van der Waals surface area contributed by atoms with Gasteiger partial charge >= 0.3 is 0 Å². The zero-order valence-electron chi connectivity index (χ0n) is 8.81. The van der Waals surface area contributed by atoms with Gasteiger partial charge in [-0.3, -0.25) is 5.40 Å². The summed E-state index contributed by atoms with van der Waals surface area (Å²) in [6.45, 7) is 0. The minimum absolute atomic E-state index is 0.0596. The van der Waals surface area contributed by atoms with Gasteiger partial charge in [0.2, 0.25) is 5.96 Å². The molecule has 5 N–H and O–H groups in total. The molecule has 0 bridgehead atoms. The molecule has 0 aliphatic carbocycles. The lowest BCUT2D eigenvalue weighted by Crippen LogP contribution is -2.25. The molecular weight excluding hydrogens is 192 g/mol. The summed E-state index contributed by atoms with van der Waals surface area (Å²) in [6.07, 6.45) is 5.08. The van der Waals surface area contributed by atoms with Crippen molar-refractivity contribution in [3.63, 3.8) is 0 Å².